The molecule has 0 spiro atoms. The molecule has 0 aliphatic heterocycles. The van der Waals surface area contributed by atoms with E-state index in [1.54, 1.807) is 0 Å². The van der Waals surface area contributed by atoms with E-state index in [0.29, 0.717) is 12.3 Å². The summed E-state index contributed by atoms with van der Waals surface area (Å²) >= 11 is 11.2. The van der Waals surface area contributed by atoms with E-state index in [4.69, 9.17) is 23.2 Å². The third-order valence-corrected chi connectivity index (χ3v) is 2.95. The first-order valence-electron chi connectivity index (χ1n) is 4.95. The van der Waals surface area contributed by atoms with Gasteiger partial charge in [0.1, 0.15) is 0 Å². The van der Waals surface area contributed by atoms with Crippen molar-refractivity contribution in [1.29, 1.82) is 0 Å². The standard InChI is InChI=1S/C12H14Cl2O/c1-2-10-4-3-9(7-13)5-11(10)6-12(15)8-14/h3-5H,2,6-8H2,1H3. The van der Waals surface area contributed by atoms with Crippen molar-refractivity contribution in [3.8, 4) is 0 Å². The van der Waals surface area contributed by atoms with E-state index >= 15 is 0 Å². The highest BCUT2D eigenvalue weighted by molar-refractivity contribution is 6.27. The van der Waals surface area contributed by atoms with Crippen molar-refractivity contribution in [1.82, 2.24) is 0 Å². The maximum absolute atomic E-state index is 11.3. The van der Waals surface area contributed by atoms with Crippen LogP contribution in [0.3, 0.4) is 0 Å². The number of hydrogen-bond donors (Lipinski definition) is 0. The summed E-state index contributed by atoms with van der Waals surface area (Å²) in [6, 6.07) is 6.03. The number of carbonyl (C=O) groups excluding carboxylic acids is 1. The van der Waals surface area contributed by atoms with Crippen LogP contribution < -0.4 is 0 Å². The Labute approximate surface area is 100 Å². The summed E-state index contributed by atoms with van der Waals surface area (Å²) in [5, 5.41) is 0. The SMILES string of the molecule is CCc1ccc(CCl)cc1CC(=O)CCl. The molecule has 0 saturated carbocycles. The second kappa shape index (κ2) is 6.14. The Morgan fingerprint density at radius 2 is 2.00 bits per heavy atom. The molecule has 0 aromatic heterocycles. The number of rotatable bonds is 5. The Balaban J connectivity index is 2.95. The quantitative estimate of drug-likeness (QED) is 0.727. The number of alkyl halides is 2. The van der Waals surface area contributed by atoms with Crippen LogP contribution in [0.15, 0.2) is 18.2 Å². The predicted octanol–water partition coefficient (Wildman–Crippen LogP) is 3.34. The summed E-state index contributed by atoms with van der Waals surface area (Å²) in [7, 11) is 0. The van der Waals surface area contributed by atoms with Crippen LogP contribution in [0.2, 0.25) is 0 Å². The minimum atomic E-state index is 0.0538. The van der Waals surface area contributed by atoms with Gasteiger partial charge in [-0.25, -0.2) is 0 Å². The molecule has 0 saturated heterocycles. The van der Waals surface area contributed by atoms with E-state index in [2.05, 4.69) is 6.92 Å². The molecule has 0 aliphatic carbocycles. The molecule has 0 fully saturated rings. The highest BCUT2D eigenvalue weighted by atomic mass is 35.5. The van der Waals surface area contributed by atoms with Gasteiger partial charge in [-0.2, -0.15) is 0 Å². The Kier molecular flexibility index (Phi) is 5.13. The maximum atomic E-state index is 11.3. The van der Waals surface area contributed by atoms with Crippen LogP contribution >= 0.6 is 23.2 Å². The fourth-order valence-corrected chi connectivity index (χ4v) is 1.79. The molecule has 0 amide bonds. The molecule has 1 aromatic carbocycles. The normalized spacial score (nSPS) is 10.3. The molecular weight excluding hydrogens is 231 g/mol. The van der Waals surface area contributed by atoms with Gasteiger partial charge in [0.15, 0.2) is 5.78 Å². The summed E-state index contributed by atoms with van der Waals surface area (Å²) in [5.74, 6) is 0.610. The molecule has 15 heavy (non-hydrogen) atoms. The van der Waals surface area contributed by atoms with Crippen molar-refractivity contribution in [2.24, 2.45) is 0 Å². The first-order chi connectivity index (χ1) is 7.21. The predicted molar refractivity (Wildman–Crippen MR) is 64.8 cm³/mol. The number of carbonyl (C=O) groups is 1. The molecule has 82 valence electrons. The zero-order chi connectivity index (χ0) is 11.3. The van der Waals surface area contributed by atoms with Gasteiger partial charge >= 0.3 is 0 Å². The first kappa shape index (κ1) is 12.5. The van der Waals surface area contributed by atoms with Crippen molar-refractivity contribution in [2.45, 2.75) is 25.6 Å². The smallest absolute Gasteiger partial charge is 0.151 e. The van der Waals surface area contributed by atoms with E-state index in [-0.39, 0.29) is 11.7 Å². The molecule has 0 bridgehead atoms. The average Bonchev–Trinajstić information content (AvgIpc) is 2.28. The number of halogens is 2. The highest BCUT2D eigenvalue weighted by Crippen LogP contribution is 2.15. The van der Waals surface area contributed by atoms with E-state index in [0.717, 1.165) is 17.5 Å². The van der Waals surface area contributed by atoms with Crippen LogP contribution in [0.25, 0.3) is 0 Å². The van der Waals surface area contributed by atoms with Crippen LogP contribution in [0.4, 0.5) is 0 Å². The van der Waals surface area contributed by atoms with E-state index < -0.39 is 0 Å². The minimum Gasteiger partial charge on any atom is -0.298 e. The van der Waals surface area contributed by atoms with E-state index in [9.17, 15) is 4.79 Å². The van der Waals surface area contributed by atoms with Gasteiger partial charge in [-0.05, 0) is 23.1 Å². The molecule has 1 nitrogen and oxygen atoms in total. The summed E-state index contributed by atoms with van der Waals surface area (Å²) in [5.41, 5.74) is 3.30. The molecule has 1 aromatic rings. The van der Waals surface area contributed by atoms with Gasteiger partial charge < -0.3 is 0 Å². The Morgan fingerprint density at radius 3 is 2.53 bits per heavy atom. The van der Waals surface area contributed by atoms with Crippen molar-refractivity contribution in [2.75, 3.05) is 5.88 Å². The second-order valence-electron chi connectivity index (χ2n) is 3.44. The number of aryl methyl sites for hydroxylation is 1. The van der Waals surface area contributed by atoms with Gasteiger partial charge in [-0.1, -0.05) is 25.1 Å². The fraction of sp³-hybridized carbons (Fsp3) is 0.417. The Bertz CT molecular complexity index is 347. The van der Waals surface area contributed by atoms with Crippen LogP contribution in [-0.2, 0) is 23.5 Å². The summed E-state index contributed by atoms with van der Waals surface area (Å²) in [4.78, 5) is 11.3. The fourth-order valence-electron chi connectivity index (χ4n) is 1.53. The molecule has 0 aliphatic rings. The van der Waals surface area contributed by atoms with E-state index in [1.807, 2.05) is 18.2 Å². The topological polar surface area (TPSA) is 17.1 Å². The lowest BCUT2D eigenvalue weighted by Crippen LogP contribution is -2.06. The number of benzene rings is 1. The lowest BCUT2D eigenvalue weighted by molar-refractivity contribution is -0.116. The molecule has 0 atom stereocenters. The Hall–Kier alpha value is -0.530. The number of ketones is 1. The van der Waals surface area contributed by atoms with Crippen LogP contribution in [0.5, 0.6) is 0 Å². The minimum absolute atomic E-state index is 0.0538. The summed E-state index contributed by atoms with van der Waals surface area (Å²) in [6.45, 7) is 2.07. The van der Waals surface area contributed by atoms with Gasteiger partial charge in [-0.15, -0.1) is 23.2 Å². The monoisotopic (exact) mass is 244 g/mol. The van der Waals surface area contributed by atoms with Gasteiger partial charge in [0.25, 0.3) is 0 Å². The molecular formula is C12H14Cl2O. The van der Waals surface area contributed by atoms with E-state index in [1.165, 1.54) is 5.56 Å². The zero-order valence-corrected chi connectivity index (χ0v) is 10.2. The lowest BCUT2D eigenvalue weighted by atomic mass is 9.98. The Morgan fingerprint density at radius 1 is 1.27 bits per heavy atom. The molecule has 3 heteroatoms. The van der Waals surface area contributed by atoms with Crippen molar-refractivity contribution < 1.29 is 4.79 Å². The largest absolute Gasteiger partial charge is 0.298 e. The zero-order valence-electron chi connectivity index (χ0n) is 8.72. The third-order valence-electron chi connectivity index (χ3n) is 2.34. The van der Waals surface area contributed by atoms with Crippen molar-refractivity contribution in [3.05, 3.63) is 34.9 Å². The van der Waals surface area contributed by atoms with Gasteiger partial charge in [-0.3, -0.25) is 4.79 Å². The van der Waals surface area contributed by atoms with Crippen molar-refractivity contribution in [3.63, 3.8) is 0 Å². The number of Topliss-reactive ketones (excluding diaryl/α,β-unsaturated/α-hetero) is 1. The van der Waals surface area contributed by atoms with Crippen LogP contribution in [0, 0.1) is 0 Å². The second-order valence-corrected chi connectivity index (χ2v) is 3.97. The van der Waals surface area contributed by atoms with Gasteiger partial charge in [0.2, 0.25) is 0 Å². The van der Waals surface area contributed by atoms with Crippen molar-refractivity contribution >= 4 is 29.0 Å². The maximum Gasteiger partial charge on any atom is 0.151 e. The highest BCUT2D eigenvalue weighted by Gasteiger charge is 2.07. The molecule has 1 rings (SSSR count). The molecule has 0 N–H and O–H groups in total. The molecule has 0 heterocycles. The molecule has 0 radical (unpaired) electrons. The first-order valence-corrected chi connectivity index (χ1v) is 6.02. The lowest BCUT2D eigenvalue weighted by Gasteiger charge is -2.08. The summed E-state index contributed by atoms with van der Waals surface area (Å²) in [6.07, 6.45) is 1.34. The van der Waals surface area contributed by atoms with Gasteiger partial charge in [0, 0.05) is 12.3 Å². The summed E-state index contributed by atoms with van der Waals surface area (Å²) < 4.78 is 0. The number of hydrogen-bond acceptors (Lipinski definition) is 1. The molecule has 0 unspecified atom stereocenters. The van der Waals surface area contributed by atoms with Gasteiger partial charge in [0.05, 0.1) is 5.88 Å². The average molecular weight is 245 g/mol. The van der Waals surface area contributed by atoms with Crippen LogP contribution in [-0.4, -0.2) is 11.7 Å². The third kappa shape index (κ3) is 3.51. The van der Waals surface area contributed by atoms with Crippen LogP contribution in [0.1, 0.15) is 23.6 Å².